The summed E-state index contributed by atoms with van der Waals surface area (Å²) in [5.74, 6) is 2.63. The number of rotatable bonds is 10. The molecule has 3 aromatic rings. The van der Waals surface area contributed by atoms with E-state index in [4.69, 9.17) is 4.74 Å². The fraction of sp³-hybridized carbons (Fsp3) is 0.464. The molecule has 0 aliphatic rings. The van der Waals surface area contributed by atoms with Gasteiger partial charge in [0.2, 0.25) is 5.91 Å². The number of nitrogens with one attached hydrogen (secondary N) is 1. The van der Waals surface area contributed by atoms with Gasteiger partial charge >= 0.3 is 0 Å². The first-order valence-electron chi connectivity index (χ1n) is 12.1. The van der Waals surface area contributed by atoms with Gasteiger partial charge in [0.05, 0.1) is 13.2 Å². The van der Waals surface area contributed by atoms with Crippen LogP contribution in [-0.4, -0.2) is 27.8 Å². The minimum atomic E-state index is -0.274. The molecule has 2 aromatic carbocycles. The van der Waals surface area contributed by atoms with Crippen LogP contribution in [0, 0.1) is 18.3 Å². The van der Waals surface area contributed by atoms with E-state index in [1.54, 1.807) is 18.9 Å². The standard InChI is InChI=1S/C28H38N4O2S/c1-19-11-13-23(14-12-19)32-26(21(3)29-25(33)15-20(2)17-28(4,5)6)30-31-27(32)35-18-22-9-8-10-24(16-22)34-7/h8-14,16,20-21H,15,17-18H2,1-7H3,(H,29,33). The Morgan fingerprint density at radius 1 is 1.11 bits per heavy atom. The Morgan fingerprint density at radius 2 is 1.83 bits per heavy atom. The summed E-state index contributed by atoms with van der Waals surface area (Å²) in [5, 5.41) is 12.9. The number of aryl methyl sites for hydroxylation is 1. The van der Waals surface area contributed by atoms with Crippen LogP contribution in [-0.2, 0) is 10.5 Å². The molecule has 7 heteroatoms. The Hall–Kier alpha value is -2.80. The molecule has 0 radical (unpaired) electrons. The van der Waals surface area contributed by atoms with Crippen LogP contribution in [0.25, 0.3) is 5.69 Å². The van der Waals surface area contributed by atoms with Gasteiger partial charge in [0.1, 0.15) is 5.75 Å². The maximum Gasteiger partial charge on any atom is 0.220 e. The number of thioether (sulfide) groups is 1. The first-order valence-corrected chi connectivity index (χ1v) is 13.1. The van der Waals surface area contributed by atoms with E-state index in [9.17, 15) is 4.79 Å². The largest absolute Gasteiger partial charge is 0.497 e. The zero-order valence-corrected chi connectivity index (χ0v) is 22.8. The molecule has 1 aromatic heterocycles. The number of amides is 1. The lowest BCUT2D eigenvalue weighted by atomic mass is 9.84. The third kappa shape index (κ3) is 7.85. The van der Waals surface area contributed by atoms with Crippen molar-refractivity contribution >= 4 is 17.7 Å². The van der Waals surface area contributed by atoms with Crippen LogP contribution in [0.15, 0.2) is 53.7 Å². The van der Waals surface area contributed by atoms with Crippen molar-refractivity contribution in [1.82, 2.24) is 20.1 Å². The lowest BCUT2D eigenvalue weighted by Crippen LogP contribution is -2.30. The lowest BCUT2D eigenvalue weighted by molar-refractivity contribution is -0.122. The van der Waals surface area contributed by atoms with Crippen molar-refractivity contribution in [3.8, 4) is 11.4 Å². The van der Waals surface area contributed by atoms with Crippen LogP contribution in [0.4, 0.5) is 0 Å². The van der Waals surface area contributed by atoms with Gasteiger partial charge in [-0.1, -0.05) is 69.3 Å². The Kier molecular flexibility index (Phi) is 9.00. The van der Waals surface area contributed by atoms with Crippen molar-refractivity contribution in [2.45, 2.75) is 71.3 Å². The topological polar surface area (TPSA) is 69.0 Å². The summed E-state index contributed by atoms with van der Waals surface area (Å²) in [4.78, 5) is 12.8. The predicted octanol–water partition coefficient (Wildman–Crippen LogP) is 6.52. The van der Waals surface area contributed by atoms with Gasteiger partial charge in [-0.25, -0.2) is 0 Å². The first-order chi connectivity index (χ1) is 16.6. The molecule has 35 heavy (non-hydrogen) atoms. The molecule has 0 fully saturated rings. The molecule has 0 aliphatic heterocycles. The van der Waals surface area contributed by atoms with Gasteiger partial charge in [-0.15, -0.1) is 10.2 Å². The molecule has 188 valence electrons. The highest BCUT2D eigenvalue weighted by molar-refractivity contribution is 7.98. The van der Waals surface area contributed by atoms with Crippen molar-refractivity contribution in [3.05, 3.63) is 65.5 Å². The van der Waals surface area contributed by atoms with E-state index < -0.39 is 0 Å². The second-order valence-corrected chi connectivity index (χ2v) is 11.5. The fourth-order valence-electron chi connectivity index (χ4n) is 4.30. The molecular formula is C28H38N4O2S. The highest BCUT2D eigenvalue weighted by Crippen LogP contribution is 2.29. The SMILES string of the molecule is COc1cccc(CSc2nnc(C(C)NC(=O)CC(C)CC(C)(C)C)n2-c2ccc(C)cc2)c1. The van der Waals surface area contributed by atoms with Crippen LogP contribution < -0.4 is 10.1 Å². The molecule has 0 saturated heterocycles. The molecule has 2 unspecified atom stereocenters. The number of methoxy groups -OCH3 is 1. The Bertz CT molecular complexity index is 1120. The molecule has 0 bridgehead atoms. The van der Waals surface area contributed by atoms with E-state index in [1.807, 2.05) is 29.7 Å². The zero-order chi connectivity index (χ0) is 25.6. The molecular weight excluding hydrogens is 456 g/mol. The van der Waals surface area contributed by atoms with E-state index in [-0.39, 0.29) is 17.4 Å². The molecule has 0 saturated carbocycles. The Balaban J connectivity index is 1.80. The second-order valence-electron chi connectivity index (χ2n) is 10.5. The van der Waals surface area contributed by atoms with E-state index in [0.29, 0.717) is 12.3 Å². The number of aromatic nitrogens is 3. The Morgan fingerprint density at radius 3 is 2.49 bits per heavy atom. The quantitative estimate of drug-likeness (QED) is 0.325. The third-order valence-electron chi connectivity index (χ3n) is 5.71. The summed E-state index contributed by atoms with van der Waals surface area (Å²) in [6.07, 6.45) is 1.50. The minimum Gasteiger partial charge on any atom is -0.497 e. The van der Waals surface area contributed by atoms with Crippen LogP contribution in [0.5, 0.6) is 5.75 Å². The maximum absolute atomic E-state index is 12.8. The Labute approximate surface area is 213 Å². The summed E-state index contributed by atoms with van der Waals surface area (Å²) in [6.45, 7) is 12.8. The van der Waals surface area contributed by atoms with E-state index in [2.05, 4.69) is 80.5 Å². The van der Waals surface area contributed by atoms with Crippen molar-refractivity contribution in [3.63, 3.8) is 0 Å². The zero-order valence-electron chi connectivity index (χ0n) is 22.0. The smallest absolute Gasteiger partial charge is 0.220 e. The molecule has 1 N–H and O–H groups in total. The van der Waals surface area contributed by atoms with Gasteiger partial charge < -0.3 is 10.1 Å². The van der Waals surface area contributed by atoms with Crippen molar-refractivity contribution in [2.24, 2.45) is 11.3 Å². The summed E-state index contributed by atoms with van der Waals surface area (Å²) in [6, 6.07) is 16.0. The number of hydrogen-bond donors (Lipinski definition) is 1. The molecule has 2 atom stereocenters. The second kappa shape index (κ2) is 11.8. The number of carbonyl (C=O) groups excluding carboxylic acids is 1. The van der Waals surface area contributed by atoms with Gasteiger partial charge in [0, 0.05) is 17.9 Å². The highest BCUT2D eigenvalue weighted by atomic mass is 32.2. The summed E-state index contributed by atoms with van der Waals surface area (Å²) in [7, 11) is 1.67. The van der Waals surface area contributed by atoms with Gasteiger partial charge in [-0.3, -0.25) is 9.36 Å². The summed E-state index contributed by atoms with van der Waals surface area (Å²) >= 11 is 1.61. The van der Waals surface area contributed by atoms with Gasteiger partial charge in [0.25, 0.3) is 0 Å². The number of nitrogens with zero attached hydrogens (tertiary/aromatic N) is 3. The molecule has 6 nitrogen and oxygen atoms in total. The lowest BCUT2D eigenvalue weighted by Gasteiger charge is -2.23. The van der Waals surface area contributed by atoms with Gasteiger partial charge in [0.15, 0.2) is 11.0 Å². The third-order valence-corrected chi connectivity index (χ3v) is 6.71. The van der Waals surface area contributed by atoms with E-state index >= 15 is 0 Å². The average Bonchev–Trinajstić information content (AvgIpc) is 3.21. The van der Waals surface area contributed by atoms with Crippen molar-refractivity contribution in [1.29, 1.82) is 0 Å². The predicted molar refractivity (Wildman–Crippen MR) is 143 cm³/mol. The number of benzene rings is 2. The normalized spacial score (nSPS) is 13.3. The van der Waals surface area contributed by atoms with Crippen LogP contribution in [0.2, 0.25) is 0 Å². The summed E-state index contributed by atoms with van der Waals surface area (Å²) < 4.78 is 7.40. The molecule has 0 spiro atoms. The molecule has 1 heterocycles. The highest BCUT2D eigenvalue weighted by Gasteiger charge is 2.23. The first kappa shape index (κ1) is 26.8. The number of carbonyl (C=O) groups is 1. The number of hydrogen-bond acceptors (Lipinski definition) is 5. The van der Waals surface area contributed by atoms with Gasteiger partial charge in [-0.2, -0.15) is 0 Å². The monoisotopic (exact) mass is 494 g/mol. The molecule has 3 rings (SSSR count). The van der Waals surface area contributed by atoms with E-state index in [1.165, 1.54) is 5.56 Å². The van der Waals surface area contributed by atoms with Crippen LogP contribution in [0.1, 0.15) is 70.5 Å². The minimum absolute atomic E-state index is 0.0401. The maximum atomic E-state index is 12.8. The van der Waals surface area contributed by atoms with Crippen molar-refractivity contribution in [2.75, 3.05) is 7.11 Å². The fourth-order valence-corrected chi connectivity index (χ4v) is 5.20. The van der Waals surface area contributed by atoms with Crippen LogP contribution in [0.3, 0.4) is 0 Å². The van der Waals surface area contributed by atoms with Crippen LogP contribution >= 0.6 is 11.8 Å². The number of ether oxygens (including phenoxy) is 1. The van der Waals surface area contributed by atoms with E-state index in [0.717, 1.165) is 40.2 Å². The summed E-state index contributed by atoms with van der Waals surface area (Å²) in [5.41, 5.74) is 3.50. The average molecular weight is 495 g/mol. The van der Waals surface area contributed by atoms with Gasteiger partial charge in [-0.05, 0) is 61.4 Å². The molecule has 1 amide bonds. The van der Waals surface area contributed by atoms with Crippen molar-refractivity contribution < 1.29 is 9.53 Å². The molecule has 0 aliphatic carbocycles.